The highest BCUT2D eigenvalue weighted by Crippen LogP contribution is 2.26. The molecule has 1 amide bonds. The molecule has 1 atom stereocenters. The van der Waals surface area contributed by atoms with Gasteiger partial charge in [0.25, 0.3) is 0 Å². The fourth-order valence-electron chi connectivity index (χ4n) is 3.63. The fraction of sp³-hybridized carbons (Fsp3) is 0.261. The molecule has 4 rings (SSSR count). The van der Waals surface area contributed by atoms with Crippen molar-refractivity contribution in [1.29, 1.82) is 0 Å². The zero-order valence-electron chi connectivity index (χ0n) is 16.6. The Hall–Kier alpha value is -2.63. The van der Waals surface area contributed by atoms with Crippen molar-refractivity contribution in [3.63, 3.8) is 0 Å². The normalized spacial score (nSPS) is 16.4. The van der Waals surface area contributed by atoms with Crippen LogP contribution in [0.2, 0.25) is 10.0 Å². The minimum atomic E-state index is -0.116. The first-order valence-electron chi connectivity index (χ1n) is 9.91. The van der Waals surface area contributed by atoms with Crippen LogP contribution in [0.1, 0.15) is 18.4 Å². The standard InChI is InChI=1S/C23H22Cl2N4O/c1-15-4-7-19(25)13-21(15)26-23(30)17-3-2-12-29(14-17)22-11-10-20(27-28-22)16-5-8-18(24)9-6-16/h4-11,13,17H,2-3,12,14H2,1H3,(H,26,30). The predicted octanol–water partition coefficient (Wildman–Crippen LogP) is 5.61. The van der Waals surface area contributed by atoms with Crippen LogP contribution in [0.5, 0.6) is 0 Å². The van der Waals surface area contributed by atoms with Crippen molar-refractivity contribution < 1.29 is 4.79 Å². The number of rotatable bonds is 4. The molecule has 154 valence electrons. The molecular formula is C23H22Cl2N4O. The first kappa shape index (κ1) is 20.6. The molecule has 1 aliphatic rings. The van der Waals surface area contributed by atoms with Gasteiger partial charge in [0.15, 0.2) is 5.82 Å². The maximum Gasteiger partial charge on any atom is 0.229 e. The average molecular weight is 441 g/mol. The van der Waals surface area contributed by atoms with Crippen molar-refractivity contribution in [2.45, 2.75) is 19.8 Å². The third kappa shape index (κ3) is 4.74. The third-order valence-electron chi connectivity index (χ3n) is 5.36. The molecule has 0 aliphatic carbocycles. The Balaban J connectivity index is 1.43. The van der Waals surface area contributed by atoms with Crippen LogP contribution in [0.25, 0.3) is 11.3 Å². The van der Waals surface area contributed by atoms with Crippen LogP contribution in [-0.4, -0.2) is 29.2 Å². The Bertz CT molecular complexity index is 1040. The van der Waals surface area contributed by atoms with Gasteiger partial charge in [0.05, 0.1) is 11.6 Å². The summed E-state index contributed by atoms with van der Waals surface area (Å²) < 4.78 is 0. The van der Waals surface area contributed by atoms with Crippen LogP contribution in [0.4, 0.5) is 11.5 Å². The zero-order chi connectivity index (χ0) is 21.1. The lowest BCUT2D eigenvalue weighted by Crippen LogP contribution is -2.41. The van der Waals surface area contributed by atoms with Gasteiger partial charge in [0, 0.05) is 34.4 Å². The van der Waals surface area contributed by atoms with Crippen LogP contribution < -0.4 is 10.2 Å². The summed E-state index contributed by atoms with van der Waals surface area (Å²) in [5.74, 6) is 0.676. The highest BCUT2D eigenvalue weighted by Gasteiger charge is 2.27. The molecule has 5 nitrogen and oxygen atoms in total. The van der Waals surface area contributed by atoms with Gasteiger partial charge in [-0.25, -0.2) is 0 Å². The van der Waals surface area contributed by atoms with E-state index in [-0.39, 0.29) is 11.8 Å². The van der Waals surface area contributed by atoms with Crippen LogP contribution in [0.3, 0.4) is 0 Å². The average Bonchev–Trinajstić information content (AvgIpc) is 2.77. The van der Waals surface area contributed by atoms with Crippen LogP contribution in [0, 0.1) is 12.8 Å². The molecule has 1 saturated heterocycles. The Kier molecular flexibility index (Phi) is 6.21. The summed E-state index contributed by atoms with van der Waals surface area (Å²) >= 11 is 12.0. The van der Waals surface area contributed by atoms with Gasteiger partial charge in [0.1, 0.15) is 0 Å². The summed E-state index contributed by atoms with van der Waals surface area (Å²) in [7, 11) is 0. The Labute approximate surface area is 186 Å². The molecule has 3 aromatic rings. The lowest BCUT2D eigenvalue weighted by molar-refractivity contribution is -0.120. The summed E-state index contributed by atoms with van der Waals surface area (Å²) in [6, 6.07) is 16.9. The molecule has 1 N–H and O–H groups in total. The predicted molar refractivity (Wildman–Crippen MR) is 122 cm³/mol. The first-order valence-corrected chi connectivity index (χ1v) is 10.7. The summed E-state index contributed by atoms with van der Waals surface area (Å²) in [6.45, 7) is 3.42. The van der Waals surface area contributed by atoms with E-state index in [1.165, 1.54) is 0 Å². The van der Waals surface area contributed by atoms with Crippen molar-refractivity contribution in [2.75, 3.05) is 23.3 Å². The smallest absolute Gasteiger partial charge is 0.229 e. The second-order valence-electron chi connectivity index (χ2n) is 7.52. The number of aryl methyl sites for hydroxylation is 1. The van der Waals surface area contributed by atoms with Crippen LogP contribution in [-0.2, 0) is 4.79 Å². The van der Waals surface area contributed by atoms with Crippen LogP contribution >= 0.6 is 23.2 Å². The molecular weight excluding hydrogens is 419 g/mol. The summed E-state index contributed by atoms with van der Waals surface area (Å²) in [5.41, 5.74) is 3.50. The SMILES string of the molecule is Cc1ccc(Cl)cc1NC(=O)C1CCCN(c2ccc(-c3ccc(Cl)cc3)nn2)C1. The number of hydrogen-bond acceptors (Lipinski definition) is 4. The highest BCUT2D eigenvalue weighted by atomic mass is 35.5. The number of halogens is 2. The minimum Gasteiger partial charge on any atom is -0.354 e. The molecule has 0 spiro atoms. The molecule has 7 heteroatoms. The molecule has 1 aliphatic heterocycles. The Morgan fingerprint density at radius 3 is 2.53 bits per heavy atom. The number of anilines is 2. The van der Waals surface area contributed by atoms with E-state index >= 15 is 0 Å². The van der Waals surface area contributed by atoms with E-state index in [9.17, 15) is 4.79 Å². The van der Waals surface area contributed by atoms with E-state index in [2.05, 4.69) is 20.4 Å². The summed E-state index contributed by atoms with van der Waals surface area (Å²) in [6.07, 6.45) is 1.77. The Morgan fingerprint density at radius 1 is 1.03 bits per heavy atom. The van der Waals surface area contributed by atoms with Gasteiger partial charge >= 0.3 is 0 Å². The number of carbonyl (C=O) groups excluding carboxylic acids is 1. The number of carbonyl (C=O) groups is 1. The van der Waals surface area contributed by atoms with Crippen molar-refractivity contribution in [3.05, 3.63) is 70.2 Å². The molecule has 2 heterocycles. The monoisotopic (exact) mass is 440 g/mol. The lowest BCUT2D eigenvalue weighted by Gasteiger charge is -2.32. The topological polar surface area (TPSA) is 58.1 Å². The van der Waals surface area contributed by atoms with Crippen molar-refractivity contribution in [3.8, 4) is 11.3 Å². The van der Waals surface area contributed by atoms with Gasteiger partial charge in [-0.05, 0) is 61.7 Å². The molecule has 1 unspecified atom stereocenters. The van der Waals surface area contributed by atoms with Crippen LogP contribution in [0.15, 0.2) is 54.6 Å². The third-order valence-corrected chi connectivity index (χ3v) is 5.85. The van der Waals surface area contributed by atoms with Gasteiger partial charge in [0.2, 0.25) is 5.91 Å². The van der Waals surface area contributed by atoms with E-state index in [0.717, 1.165) is 47.7 Å². The van der Waals surface area contributed by atoms with Gasteiger partial charge in [-0.1, -0.05) is 41.4 Å². The first-order chi connectivity index (χ1) is 14.5. The lowest BCUT2D eigenvalue weighted by atomic mass is 9.97. The fourth-order valence-corrected chi connectivity index (χ4v) is 3.93. The van der Waals surface area contributed by atoms with Crippen molar-refractivity contribution in [1.82, 2.24) is 10.2 Å². The van der Waals surface area contributed by atoms with Gasteiger partial charge in [-0.2, -0.15) is 0 Å². The second kappa shape index (κ2) is 9.02. The van der Waals surface area contributed by atoms with E-state index in [1.54, 1.807) is 6.07 Å². The van der Waals surface area contributed by atoms with Crippen molar-refractivity contribution >= 4 is 40.6 Å². The zero-order valence-corrected chi connectivity index (χ0v) is 18.1. The number of aromatic nitrogens is 2. The Morgan fingerprint density at radius 2 is 1.80 bits per heavy atom. The van der Waals surface area contributed by atoms with E-state index in [4.69, 9.17) is 23.2 Å². The molecule has 30 heavy (non-hydrogen) atoms. The largest absolute Gasteiger partial charge is 0.354 e. The maximum absolute atomic E-state index is 12.8. The summed E-state index contributed by atoms with van der Waals surface area (Å²) in [4.78, 5) is 15.0. The molecule has 2 aromatic carbocycles. The van der Waals surface area contributed by atoms with Gasteiger partial charge < -0.3 is 10.2 Å². The number of piperidine rings is 1. The van der Waals surface area contributed by atoms with Crippen molar-refractivity contribution in [2.24, 2.45) is 5.92 Å². The van der Waals surface area contributed by atoms with E-state index in [1.807, 2.05) is 55.5 Å². The van der Waals surface area contributed by atoms with E-state index in [0.29, 0.717) is 16.6 Å². The molecule has 0 saturated carbocycles. The number of hydrogen-bond donors (Lipinski definition) is 1. The number of amides is 1. The summed E-state index contributed by atoms with van der Waals surface area (Å²) in [5, 5.41) is 13.1. The number of nitrogens with zero attached hydrogens (tertiary/aromatic N) is 3. The number of benzene rings is 2. The quantitative estimate of drug-likeness (QED) is 0.572. The van der Waals surface area contributed by atoms with Gasteiger partial charge in [-0.15, -0.1) is 10.2 Å². The molecule has 1 aromatic heterocycles. The number of nitrogens with one attached hydrogen (secondary N) is 1. The molecule has 0 radical (unpaired) electrons. The molecule has 1 fully saturated rings. The maximum atomic E-state index is 12.8. The highest BCUT2D eigenvalue weighted by molar-refractivity contribution is 6.31. The van der Waals surface area contributed by atoms with Gasteiger partial charge in [-0.3, -0.25) is 4.79 Å². The molecule has 0 bridgehead atoms. The van der Waals surface area contributed by atoms with E-state index < -0.39 is 0 Å². The minimum absolute atomic E-state index is 0.0100. The second-order valence-corrected chi connectivity index (χ2v) is 8.39.